The molecular weight excluding hydrogens is 238 g/mol. The van der Waals surface area contributed by atoms with Crippen LogP contribution >= 0.6 is 23.1 Å². The van der Waals surface area contributed by atoms with Crippen LogP contribution in [0.5, 0.6) is 0 Å². The number of nitrogens with two attached hydrogens (primary N) is 1. The zero-order valence-electron chi connectivity index (χ0n) is 8.85. The molecule has 5 heteroatoms. The van der Waals surface area contributed by atoms with Crippen LogP contribution in [-0.4, -0.2) is 15.2 Å². The van der Waals surface area contributed by atoms with Gasteiger partial charge in [0.2, 0.25) is 5.95 Å². The molecule has 2 N–H and O–H groups in total. The van der Waals surface area contributed by atoms with Gasteiger partial charge in [0.1, 0.15) is 9.86 Å². The van der Waals surface area contributed by atoms with Crippen molar-refractivity contribution < 1.29 is 0 Å². The fourth-order valence-corrected chi connectivity index (χ4v) is 4.26. The van der Waals surface area contributed by atoms with E-state index in [4.69, 9.17) is 5.73 Å². The Morgan fingerprint density at radius 1 is 1.31 bits per heavy atom. The third-order valence-corrected chi connectivity index (χ3v) is 5.03. The summed E-state index contributed by atoms with van der Waals surface area (Å²) >= 11 is 3.50. The number of aromatic nitrogens is 2. The van der Waals surface area contributed by atoms with Crippen molar-refractivity contribution in [1.29, 1.82) is 0 Å². The summed E-state index contributed by atoms with van der Waals surface area (Å²) in [5.74, 6) is 0.399. The van der Waals surface area contributed by atoms with Gasteiger partial charge in [-0.25, -0.2) is 9.97 Å². The van der Waals surface area contributed by atoms with Gasteiger partial charge in [0, 0.05) is 10.6 Å². The van der Waals surface area contributed by atoms with Crippen molar-refractivity contribution in [1.82, 2.24) is 9.97 Å². The van der Waals surface area contributed by atoms with E-state index in [1.54, 1.807) is 11.3 Å². The van der Waals surface area contributed by atoms with Crippen LogP contribution in [0.15, 0.2) is 16.5 Å². The van der Waals surface area contributed by atoms with E-state index in [9.17, 15) is 0 Å². The average molecular weight is 251 g/mol. The molecule has 0 amide bonds. The third-order valence-electron chi connectivity index (χ3n) is 2.89. The van der Waals surface area contributed by atoms with Crippen LogP contribution in [0.25, 0.3) is 10.2 Å². The highest BCUT2D eigenvalue weighted by Crippen LogP contribution is 2.37. The molecule has 3 nitrogen and oxygen atoms in total. The quantitative estimate of drug-likeness (QED) is 0.832. The SMILES string of the molecule is Nc1nc(SC2CCCC2)c2ccsc2n1. The molecular formula is C11H13N3S2. The van der Waals surface area contributed by atoms with Gasteiger partial charge < -0.3 is 5.73 Å². The normalized spacial score (nSPS) is 17.2. The van der Waals surface area contributed by atoms with Crippen LogP contribution < -0.4 is 5.73 Å². The molecule has 0 bridgehead atoms. The Morgan fingerprint density at radius 3 is 2.94 bits per heavy atom. The van der Waals surface area contributed by atoms with Crippen LogP contribution in [0.3, 0.4) is 0 Å². The van der Waals surface area contributed by atoms with Crippen molar-refractivity contribution in [2.24, 2.45) is 0 Å². The third kappa shape index (κ3) is 1.89. The molecule has 84 valence electrons. The number of fused-ring (bicyclic) bond motifs is 1. The molecule has 1 aliphatic rings. The van der Waals surface area contributed by atoms with Gasteiger partial charge in [0.25, 0.3) is 0 Å². The second-order valence-electron chi connectivity index (χ2n) is 4.05. The molecule has 1 aliphatic carbocycles. The largest absolute Gasteiger partial charge is 0.368 e. The summed E-state index contributed by atoms with van der Waals surface area (Å²) in [7, 11) is 0. The smallest absolute Gasteiger partial charge is 0.222 e. The molecule has 0 atom stereocenters. The van der Waals surface area contributed by atoms with Gasteiger partial charge in [-0.05, 0) is 24.3 Å². The van der Waals surface area contributed by atoms with Crippen molar-refractivity contribution in [2.45, 2.75) is 36.0 Å². The Labute approximate surface area is 102 Å². The molecule has 1 saturated carbocycles. The highest BCUT2D eigenvalue weighted by atomic mass is 32.2. The maximum atomic E-state index is 5.73. The molecule has 2 aromatic heterocycles. The van der Waals surface area contributed by atoms with Crippen molar-refractivity contribution in [3.63, 3.8) is 0 Å². The zero-order chi connectivity index (χ0) is 11.0. The number of thiophene rings is 1. The van der Waals surface area contributed by atoms with Gasteiger partial charge in [0.15, 0.2) is 0 Å². The molecule has 2 aromatic rings. The van der Waals surface area contributed by atoms with E-state index >= 15 is 0 Å². The van der Waals surface area contributed by atoms with E-state index in [-0.39, 0.29) is 0 Å². The first-order valence-electron chi connectivity index (χ1n) is 5.50. The van der Waals surface area contributed by atoms with E-state index in [1.807, 2.05) is 11.8 Å². The van der Waals surface area contributed by atoms with E-state index in [2.05, 4.69) is 21.4 Å². The predicted molar refractivity (Wildman–Crippen MR) is 69.9 cm³/mol. The maximum Gasteiger partial charge on any atom is 0.222 e. The van der Waals surface area contributed by atoms with Gasteiger partial charge in [0.05, 0.1) is 0 Å². The van der Waals surface area contributed by atoms with Crippen LogP contribution in [0.1, 0.15) is 25.7 Å². The number of anilines is 1. The van der Waals surface area contributed by atoms with Gasteiger partial charge in [-0.2, -0.15) is 0 Å². The molecule has 0 radical (unpaired) electrons. The Kier molecular flexibility index (Phi) is 2.73. The fraction of sp³-hybridized carbons (Fsp3) is 0.455. The van der Waals surface area contributed by atoms with Crippen molar-refractivity contribution in [3.05, 3.63) is 11.4 Å². The summed E-state index contributed by atoms with van der Waals surface area (Å²) in [6, 6.07) is 2.09. The van der Waals surface area contributed by atoms with Crippen LogP contribution in [0.4, 0.5) is 5.95 Å². The number of thioether (sulfide) groups is 1. The summed E-state index contributed by atoms with van der Waals surface area (Å²) in [5.41, 5.74) is 5.73. The minimum Gasteiger partial charge on any atom is -0.368 e. The van der Waals surface area contributed by atoms with Gasteiger partial charge in [-0.3, -0.25) is 0 Å². The molecule has 1 fully saturated rings. The minimum absolute atomic E-state index is 0.399. The lowest BCUT2D eigenvalue weighted by molar-refractivity contribution is 0.886. The molecule has 3 rings (SSSR count). The van der Waals surface area contributed by atoms with E-state index in [0.29, 0.717) is 5.95 Å². The molecule has 0 aliphatic heterocycles. The fourth-order valence-electron chi connectivity index (χ4n) is 2.10. The molecule has 16 heavy (non-hydrogen) atoms. The molecule has 0 spiro atoms. The lowest BCUT2D eigenvalue weighted by Crippen LogP contribution is -1.99. The number of nitrogen functional groups attached to an aromatic ring is 1. The van der Waals surface area contributed by atoms with Crippen LogP contribution in [0, 0.1) is 0 Å². The monoisotopic (exact) mass is 251 g/mol. The van der Waals surface area contributed by atoms with Crippen LogP contribution in [-0.2, 0) is 0 Å². The highest BCUT2D eigenvalue weighted by molar-refractivity contribution is 8.00. The van der Waals surface area contributed by atoms with E-state index in [1.165, 1.54) is 25.7 Å². The Hall–Kier alpha value is -0.810. The van der Waals surface area contributed by atoms with Crippen LogP contribution in [0.2, 0.25) is 0 Å². The standard InChI is InChI=1S/C11H13N3S2/c12-11-13-9-8(5-6-15-9)10(14-11)16-7-3-1-2-4-7/h5-7H,1-4H2,(H2,12,13,14). The average Bonchev–Trinajstić information content (AvgIpc) is 2.87. The summed E-state index contributed by atoms with van der Waals surface area (Å²) in [5, 5.41) is 5.00. The molecule has 0 aromatic carbocycles. The minimum atomic E-state index is 0.399. The van der Waals surface area contributed by atoms with Crippen molar-refractivity contribution >= 4 is 39.3 Å². The lowest BCUT2D eigenvalue weighted by atomic mass is 10.4. The van der Waals surface area contributed by atoms with Gasteiger partial charge in [-0.1, -0.05) is 12.8 Å². The Bertz CT molecular complexity index is 503. The summed E-state index contributed by atoms with van der Waals surface area (Å²) in [6.07, 6.45) is 5.32. The second-order valence-corrected chi connectivity index (χ2v) is 6.23. The second kappa shape index (κ2) is 4.22. The number of nitrogens with zero attached hydrogens (tertiary/aromatic N) is 2. The maximum absolute atomic E-state index is 5.73. The first-order chi connectivity index (χ1) is 7.83. The lowest BCUT2D eigenvalue weighted by Gasteiger charge is -2.08. The van der Waals surface area contributed by atoms with E-state index < -0.39 is 0 Å². The number of hydrogen-bond donors (Lipinski definition) is 1. The van der Waals surface area contributed by atoms with E-state index in [0.717, 1.165) is 20.5 Å². The molecule has 0 unspecified atom stereocenters. The summed E-state index contributed by atoms with van der Waals surface area (Å²) in [6.45, 7) is 0. The number of hydrogen-bond acceptors (Lipinski definition) is 5. The van der Waals surface area contributed by atoms with Crippen molar-refractivity contribution in [3.8, 4) is 0 Å². The van der Waals surface area contributed by atoms with Gasteiger partial charge in [-0.15, -0.1) is 23.1 Å². The van der Waals surface area contributed by atoms with Crippen molar-refractivity contribution in [2.75, 3.05) is 5.73 Å². The first-order valence-corrected chi connectivity index (χ1v) is 7.26. The zero-order valence-corrected chi connectivity index (χ0v) is 10.5. The molecule has 0 saturated heterocycles. The predicted octanol–water partition coefficient (Wildman–Crippen LogP) is 3.31. The Balaban J connectivity index is 1.97. The molecule has 2 heterocycles. The topological polar surface area (TPSA) is 51.8 Å². The number of rotatable bonds is 2. The first kappa shape index (κ1) is 10.4. The summed E-state index contributed by atoms with van der Waals surface area (Å²) in [4.78, 5) is 9.62. The Morgan fingerprint density at radius 2 is 2.12 bits per heavy atom. The summed E-state index contributed by atoms with van der Waals surface area (Å²) < 4.78 is 0. The highest BCUT2D eigenvalue weighted by Gasteiger charge is 2.19. The van der Waals surface area contributed by atoms with Gasteiger partial charge >= 0.3 is 0 Å².